The number of aromatic nitrogens is 4. The van der Waals surface area contributed by atoms with E-state index in [2.05, 4.69) is 73.1 Å². The molecular weight excluding hydrogens is 1710 g/mol. The van der Waals surface area contributed by atoms with E-state index >= 15 is 28.8 Å². The topological polar surface area (TPSA) is 617 Å². The Bertz CT molecular complexity index is 5080. The van der Waals surface area contributed by atoms with Crippen LogP contribution in [0.15, 0.2) is 97.7 Å². The Morgan fingerprint density at radius 2 is 1.02 bits per heavy atom. The monoisotopic (exact) mass is 1820 g/mol. The lowest BCUT2D eigenvalue weighted by molar-refractivity contribution is -0.149. The SMILES string of the molecule is CCCC[C@H]1C(=O)N(C)[C@@H](CCCC)C(=O)N[C@@H](C)C(=O)N[C@H](C(=O)NCC(N)=O)CSCC(=O)N[C@@H](Cc2ccc(O)cc2)C(=O)N(C)[C@@H](C)C(=O)N[C@@H](CC(=O)O)C(=O)N2CCC[C@H]2C(=O)N[C@@H](Cc2cnc[nH]2)C(=O)N[C@@H](CCC(N)=O)C(=O)N2CCC[C@H]2C(=O)N[C@@H](Cc2c[nH]c3ccccc23)C(=O)N[C@@H](CO)C(=O)N[C@@H](Cc2c[nH]c3ccccc23)C(=O)N1C. The number of phenols is 1. The van der Waals surface area contributed by atoms with Crippen molar-refractivity contribution in [1.82, 2.24) is 97.6 Å². The number of nitrogens with one attached hydrogen (secondary N) is 13. The van der Waals surface area contributed by atoms with Gasteiger partial charge in [-0.1, -0.05) is 88.1 Å². The number of phenolic OH excluding ortho intramolecular Hbond substituents is 1. The van der Waals surface area contributed by atoms with Gasteiger partial charge in [0.25, 0.3) is 0 Å². The number of primary amides is 2. The van der Waals surface area contributed by atoms with Crippen molar-refractivity contribution >= 4 is 140 Å². The van der Waals surface area contributed by atoms with Crippen molar-refractivity contribution in [3.05, 3.63) is 120 Å². The number of carbonyl (C=O) groups excluding carboxylic acids is 17. The molecule has 0 bridgehead atoms. The van der Waals surface area contributed by atoms with Gasteiger partial charge in [-0.25, -0.2) is 4.98 Å². The molecule has 130 heavy (non-hydrogen) atoms. The van der Waals surface area contributed by atoms with Crippen LogP contribution in [0.1, 0.15) is 134 Å². The Morgan fingerprint density at radius 3 is 1.58 bits per heavy atom. The van der Waals surface area contributed by atoms with Crippen molar-refractivity contribution in [2.45, 2.75) is 221 Å². The maximum atomic E-state index is 15.6. The number of hydrogen-bond acceptors (Lipinski definition) is 22. The number of fused-ring (bicyclic) bond motifs is 4. The van der Waals surface area contributed by atoms with Gasteiger partial charge in [0.2, 0.25) is 100 Å². The number of thioether (sulfide) groups is 1. The molecule has 17 amide bonds. The number of likely N-dealkylation sites (N-methyl/N-ethyl adjacent to an activating group) is 3. The molecule has 3 aliphatic heterocycles. The first-order chi connectivity index (χ1) is 62.0. The summed E-state index contributed by atoms with van der Waals surface area (Å²) < 4.78 is 0. The van der Waals surface area contributed by atoms with E-state index in [1.165, 1.54) is 71.8 Å². The molecular formula is C87H117N21O21S. The van der Waals surface area contributed by atoms with E-state index in [1.54, 1.807) is 60.9 Å². The molecule has 6 heterocycles. The van der Waals surface area contributed by atoms with Gasteiger partial charge in [0.1, 0.15) is 90.3 Å². The van der Waals surface area contributed by atoms with Crippen LogP contribution >= 0.6 is 11.8 Å². The fourth-order valence-corrected chi connectivity index (χ4v) is 16.8. The maximum absolute atomic E-state index is 15.6. The van der Waals surface area contributed by atoms with E-state index in [0.29, 0.717) is 64.2 Å². The lowest BCUT2D eigenvalue weighted by atomic mass is 10.00. The predicted octanol–water partition coefficient (Wildman–Crippen LogP) is -2.32. The molecule has 3 aromatic carbocycles. The first-order valence-corrected chi connectivity index (χ1v) is 44.4. The third-order valence-corrected chi connectivity index (χ3v) is 24.4. The van der Waals surface area contributed by atoms with Gasteiger partial charge in [0, 0.05) is 118 Å². The van der Waals surface area contributed by atoms with Crippen LogP contribution in [0.3, 0.4) is 0 Å². The van der Waals surface area contributed by atoms with Gasteiger partial charge in [-0.2, -0.15) is 0 Å². The molecule has 0 spiro atoms. The van der Waals surface area contributed by atoms with E-state index in [4.69, 9.17) is 11.5 Å². The number of unbranched alkanes of at least 4 members (excludes halogenated alkanes) is 2. The summed E-state index contributed by atoms with van der Waals surface area (Å²) in [6.45, 7) is 4.13. The number of imidazole rings is 1. The molecule has 42 nitrogen and oxygen atoms in total. The molecule has 6 aromatic rings. The van der Waals surface area contributed by atoms with E-state index in [0.717, 1.165) is 36.3 Å². The number of aromatic amines is 3. The molecule has 3 aromatic heterocycles. The lowest BCUT2D eigenvalue weighted by Crippen LogP contribution is -2.61. The minimum absolute atomic E-state index is 0.0147. The Hall–Kier alpha value is -13.5. The quantitative estimate of drug-likeness (QED) is 0.0320. The number of rotatable bonds is 23. The number of nitrogens with zero attached hydrogens (tertiary/aromatic N) is 6. The average molecular weight is 1830 g/mol. The van der Waals surface area contributed by atoms with Gasteiger partial charge >= 0.3 is 5.97 Å². The molecule has 9 rings (SSSR count). The predicted molar refractivity (Wildman–Crippen MR) is 472 cm³/mol. The fraction of sp³-hybridized carbons (Fsp3) is 0.506. The van der Waals surface area contributed by atoms with Crippen molar-refractivity contribution in [1.29, 1.82) is 0 Å². The van der Waals surface area contributed by atoms with Crippen LogP contribution < -0.4 is 64.6 Å². The lowest BCUT2D eigenvalue weighted by Gasteiger charge is -2.36. The Kier molecular flexibility index (Phi) is 36.7. The second kappa shape index (κ2) is 47.5. The number of aliphatic carboxylic acids is 1. The molecule has 14 atom stereocenters. The van der Waals surface area contributed by atoms with Gasteiger partial charge in [-0.05, 0) is 99.7 Å². The van der Waals surface area contributed by atoms with Crippen LogP contribution in [0, 0.1) is 0 Å². The fourth-order valence-electron chi connectivity index (χ4n) is 15.9. The Balaban J connectivity index is 1.08. The second-order valence-electron chi connectivity index (χ2n) is 32.8. The van der Waals surface area contributed by atoms with Crippen LogP contribution in [0.4, 0.5) is 0 Å². The van der Waals surface area contributed by atoms with E-state index in [9.17, 15) is 72.9 Å². The van der Waals surface area contributed by atoms with Crippen molar-refractivity contribution < 1.29 is 102 Å². The number of carboxylic acid groups (broad SMARTS) is 1. The summed E-state index contributed by atoms with van der Waals surface area (Å²) in [4.78, 5) is 278. The third-order valence-electron chi connectivity index (χ3n) is 23.4. The van der Waals surface area contributed by atoms with Crippen LogP contribution in [0.5, 0.6) is 5.75 Å². The number of para-hydroxylation sites is 2. The summed E-state index contributed by atoms with van der Waals surface area (Å²) in [5, 5.41) is 58.7. The normalized spacial score (nSPS) is 24.7. The molecule has 3 fully saturated rings. The number of carboxylic acids is 1. The molecule has 0 aliphatic carbocycles. The zero-order chi connectivity index (χ0) is 94.7. The summed E-state index contributed by atoms with van der Waals surface area (Å²) in [6, 6.07) is -2.26. The number of carbonyl (C=O) groups is 18. The summed E-state index contributed by atoms with van der Waals surface area (Å²) in [6.07, 6.45) is 4.65. The van der Waals surface area contributed by atoms with Crippen LogP contribution in [0.25, 0.3) is 21.8 Å². The zero-order valence-electron chi connectivity index (χ0n) is 73.5. The van der Waals surface area contributed by atoms with Crippen LogP contribution in [-0.4, -0.2) is 310 Å². The van der Waals surface area contributed by atoms with E-state index in [1.807, 2.05) is 13.8 Å². The summed E-state index contributed by atoms with van der Waals surface area (Å²) >= 11 is 0.767. The van der Waals surface area contributed by atoms with Gasteiger partial charge in [0.05, 0.1) is 31.7 Å². The molecule has 702 valence electrons. The molecule has 0 radical (unpaired) electrons. The number of aliphatic hydroxyl groups is 1. The van der Waals surface area contributed by atoms with Crippen molar-refractivity contribution in [2.24, 2.45) is 11.5 Å². The Morgan fingerprint density at radius 1 is 0.515 bits per heavy atom. The van der Waals surface area contributed by atoms with Crippen molar-refractivity contribution in [3.63, 3.8) is 0 Å². The van der Waals surface area contributed by atoms with Crippen LogP contribution in [-0.2, 0) is 112 Å². The van der Waals surface area contributed by atoms with Crippen molar-refractivity contribution in [3.8, 4) is 5.75 Å². The Labute approximate surface area is 753 Å². The second-order valence-corrected chi connectivity index (χ2v) is 33.8. The van der Waals surface area contributed by atoms with E-state index < -0.39 is 235 Å². The summed E-state index contributed by atoms with van der Waals surface area (Å²) in [5.41, 5.74) is 14.0. The molecule has 20 N–H and O–H groups in total. The van der Waals surface area contributed by atoms with E-state index in [-0.39, 0.29) is 88.7 Å². The number of aromatic hydroxyl groups is 1. The molecule has 0 saturated carbocycles. The van der Waals surface area contributed by atoms with Gasteiger partial charge in [-0.15, -0.1) is 11.8 Å². The number of amides is 17. The summed E-state index contributed by atoms with van der Waals surface area (Å²) in [7, 11) is 3.89. The highest BCUT2D eigenvalue weighted by atomic mass is 32.2. The smallest absolute Gasteiger partial charge is 0.305 e. The highest BCUT2D eigenvalue weighted by Gasteiger charge is 2.45. The standard InChI is InChI=1S/C87H117N21O21S/c1-8-10-22-66-80(122)95-47(3)74(116)103-65(76(118)93-42-71(89)112)44-130-45-72(113)96-61(34-49-26-28-53(110)29-27-49)83(125)104(5)48(4)75(117)100-63(38-73(114)115)86(128)108-33-17-25-68(108)82(124)99-60(37-52-41-90-46-94-52)78(120)97-58(30-31-70(88)111)85(127)107-32-16-24-67(107)81(123)98-59(35-50-39-91-56-20-14-12-18-54(50)56)77(119)102-64(43-109)79(121)101-62(36-51-40-92-57-21-15-13-19-55(51)57)84(126)106(7)69(23-11-9-2)87(129)105(66)6/h12-15,18-21,26-29,39-41,46-48,58-69,91-92,109-110H,8-11,16-17,22-25,30-38,42-45H2,1-7H3,(H2,88,111)(H2,89,112)(H,90,94)(H,93,118)(H,95,122)(H,96,113)(H,97,120)(H,98,123)(H,99,124)(H,100,117)(H,101,121)(H,102,119)(H,103,116)(H,114,115)/t47-,48-,58-,59-,60-,61-,62-,63-,64-,65-,66-,67-,68-,69-/m0/s1. The summed E-state index contributed by atoms with van der Waals surface area (Å²) in [5.74, 6) is -18.7. The largest absolute Gasteiger partial charge is 0.508 e. The zero-order valence-corrected chi connectivity index (χ0v) is 74.3. The first-order valence-electron chi connectivity index (χ1n) is 43.2. The maximum Gasteiger partial charge on any atom is 0.305 e. The number of aliphatic hydroxyl groups excluding tert-OH is 1. The molecule has 3 aliphatic rings. The average Bonchev–Trinajstić information content (AvgIpc) is 1.08. The van der Waals surface area contributed by atoms with Gasteiger partial charge in [-0.3, -0.25) is 86.3 Å². The minimum atomic E-state index is -1.91. The molecule has 3 saturated heterocycles. The highest BCUT2D eigenvalue weighted by Crippen LogP contribution is 2.28. The van der Waals surface area contributed by atoms with Crippen LogP contribution in [0.2, 0.25) is 0 Å². The molecule has 0 unspecified atom stereocenters. The third kappa shape index (κ3) is 27.1. The number of nitrogens with two attached hydrogens (primary N) is 2. The van der Waals surface area contributed by atoms with Gasteiger partial charge in [0.15, 0.2) is 0 Å². The first kappa shape index (κ1) is 100. The van der Waals surface area contributed by atoms with Crippen molar-refractivity contribution in [2.75, 3.05) is 58.9 Å². The minimum Gasteiger partial charge on any atom is -0.508 e. The molecule has 43 heteroatoms. The number of hydrogen-bond donors (Lipinski definition) is 18. The number of benzene rings is 3. The number of H-pyrrole nitrogens is 3. The van der Waals surface area contributed by atoms with Gasteiger partial charge < -0.3 is 119 Å². The highest BCUT2D eigenvalue weighted by molar-refractivity contribution is 8.00.